The molecule has 2 aromatic carbocycles. The number of ether oxygens (including phenoxy) is 1. The number of methoxy groups -OCH3 is 1. The predicted octanol–water partition coefficient (Wildman–Crippen LogP) is 3.27. The number of aromatic amines is 1. The number of carbonyl (C=O) groups excluding carboxylic acids is 1. The first-order chi connectivity index (χ1) is 15.0. The molecule has 1 N–H and O–H groups in total. The van der Waals surface area contributed by atoms with Gasteiger partial charge in [-0.3, -0.25) is 19.4 Å². The molecular weight excluding hydrogens is 410 g/mol. The van der Waals surface area contributed by atoms with E-state index in [1.54, 1.807) is 11.7 Å². The highest BCUT2D eigenvalue weighted by Crippen LogP contribution is 2.19. The quantitative estimate of drug-likeness (QED) is 0.600. The van der Waals surface area contributed by atoms with Gasteiger partial charge in [0.2, 0.25) is 5.91 Å². The van der Waals surface area contributed by atoms with E-state index < -0.39 is 0 Å². The Bertz CT molecular complexity index is 1080. The lowest BCUT2D eigenvalue weighted by atomic mass is 10.1. The molecular formula is C23H27N5O2S. The summed E-state index contributed by atoms with van der Waals surface area (Å²) in [6.07, 6.45) is 0. The summed E-state index contributed by atoms with van der Waals surface area (Å²) in [6, 6.07) is 16.2. The largest absolute Gasteiger partial charge is 0.497 e. The molecule has 4 rings (SSSR count). The predicted molar refractivity (Wildman–Crippen MR) is 122 cm³/mol. The Morgan fingerprint density at radius 1 is 1.06 bits per heavy atom. The minimum absolute atomic E-state index is 0.0648. The van der Waals surface area contributed by atoms with Crippen molar-refractivity contribution >= 4 is 18.1 Å². The molecule has 7 nitrogen and oxygen atoms in total. The van der Waals surface area contributed by atoms with Gasteiger partial charge in [-0.2, -0.15) is 5.10 Å². The van der Waals surface area contributed by atoms with Gasteiger partial charge in [0.25, 0.3) is 0 Å². The van der Waals surface area contributed by atoms with Gasteiger partial charge in [0, 0.05) is 38.3 Å². The van der Waals surface area contributed by atoms with Crippen LogP contribution in [-0.4, -0.2) is 63.8 Å². The average Bonchev–Trinajstić information content (AvgIpc) is 3.15. The highest BCUT2D eigenvalue weighted by molar-refractivity contribution is 7.71. The lowest BCUT2D eigenvalue weighted by Gasteiger charge is -2.35. The summed E-state index contributed by atoms with van der Waals surface area (Å²) in [5, 5.41) is 7.17. The number of aromatic nitrogens is 3. The number of carbonyl (C=O) groups is 1. The fourth-order valence-corrected chi connectivity index (χ4v) is 3.96. The number of nitrogens with zero attached hydrogens (tertiary/aromatic N) is 4. The smallest absolute Gasteiger partial charge is 0.242 e. The summed E-state index contributed by atoms with van der Waals surface area (Å²) < 4.78 is 7.46. The molecule has 8 heteroatoms. The molecule has 31 heavy (non-hydrogen) atoms. The summed E-state index contributed by atoms with van der Waals surface area (Å²) in [5.41, 5.74) is 3.36. The third kappa shape index (κ3) is 5.03. The Balaban J connectivity index is 1.36. The number of hydrogen-bond donors (Lipinski definition) is 1. The number of rotatable bonds is 6. The van der Waals surface area contributed by atoms with Crippen LogP contribution in [0.3, 0.4) is 0 Å². The molecule has 0 aliphatic carbocycles. The number of amides is 1. The summed E-state index contributed by atoms with van der Waals surface area (Å²) in [7, 11) is 1.67. The van der Waals surface area contributed by atoms with E-state index in [1.807, 2.05) is 48.2 Å². The van der Waals surface area contributed by atoms with Crippen LogP contribution in [0.25, 0.3) is 11.4 Å². The Morgan fingerprint density at radius 2 is 1.74 bits per heavy atom. The van der Waals surface area contributed by atoms with E-state index in [2.05, 4.69) is 27.2 Å². The monoisotopic (exact) mass is 437 g/mol. The minimum atomic E-state index is 0.0648. The van der Waals surface area contributed by atoms with Crippen LogP contribution in [0.2, 0.25) is 0 Å². The molecule has 1 fully saturated rings. The maximum absolute atomic E-state index is 13.0. The summed E-state index contributed by atoms with van der Waals surface area (Å²) in [4.78, 5) is 17.3. The van der Waals surface area contributed by atoms with Crippen LogP contribution in [-0.2, 0) is 17.9 Å². The fraction of sp³-hybridized carbons (Fsp3) is 0.348. The third-order valence-corrected chi connectivity index (χ3v) is 5.96. The van der Waals surface area contributed by atoms with Crippen LogP contribution in [0.1, 0.15) is 11.1 Å². The summed E-state index contributed by atoms with van der Waals surface area (Å²) in [5.74, 6) is 1.62. The first-order valence-electron chi connectivity index (χ1n) is 10.4. The van der Waals surface area contributed by atoms with Gasteiger partial charge in [-0.25, -0.2) is 0 Å². The normalized spacial score (nSPS) is 14.6. The van der Waals surface area contributed by atoms with Crippen molar-refractivity contribution in [2.75, 3.05) is 33.3 Å². The highest BCUT2D eigenvalue weighted by atomic mass is 32.1. The maximum atomic E-state index is 13.0. The zero-order chi connectivity index (χ0) is 21.8. The average molecular weight is 438 g/mol. The van der Waals surface area contributed by atoms with Crippen molar-refractivity contribution in [2.24, 2.45) is 0 Å². The Hall–Kier alpha value is -2.97. The molecule has 1 saturated heterocycles. The van der Waals surface area contributed by atoms with Crippen molar-refractivity contribution in [3.63, 3.8) is 0 Å². The number of nitrogens with one attached hydrogen (secondary N) is 1. The van der Waals surface area contributed by atoms with Gasteiger partial charge in [-0.05, 0) is 36.8 Å². The van der Waals surface area contributed by atoms with E-state index in [0.29, 0.717) is 23.7 Å². The van der Waals surface area contributed by atoms with E-state index in [0.717, 1.165) is 30.9 Å². The molecule has 0 bridgehead atoms. The number of piperazine rings is 1. The van der Waals surface area contributed by atoms with Gasteiger partial charge in [0.05, 0.1) is 7.11 Å². The van der Waals surface area contributed by atoms with Gasteiger partial charge < -0.3 is 9.64 Å². The standard InChI is InChI=1S/C23H27N5O2S/c1-17-3-7-19(8-4-17)22-24-25-23(31)28(22)16-21(29)27-13-11-26(12-14-27)15-18-5-9-20(30-2)10-6-18/h3-10H,11-16H2,1-2H3,(H,25,31). The second-order valence-electron chi connectivity index (χ2n) is 7.81. The van der Waals surface area contributed by atoms with Gasteiger partial charge in [0.1, 0.15) is 12.3 Å². The van der Waals surface area contributed by atoms with Crippen LogP contribution < -0.4 is 4.74 Å². The zero-order valence-corrected chi connectivity index (χ0v) is 18.7. The Morgan fingerprint density at radius 3 is 2.39 bits per heavy atom. The summed E-state index contributed by atoms with van der Waals surface area (Å²) in [6.45, 7) is 6.21. The van der Waals surface area contributed by atoms with E-state index in [9.17, 15) is 4.79 Å². The number of H-pyrrole nitrogens is 1. The van der Waals surface area contributed by atoms with Gasteiger partial charge in [-0.15, -0.1) is 0 Å². The number of hydrogen-bond acceptors (Lipinski definition) is 5. The zero-order valence-electron chi connectivity index (χ0n) is 17.9. The van der Waals surface area contributed by atoms with E-state index >= 15 is 0 Å². The Labute approximate surface area is 187 Å². The van der Waals surface area contributed by atoms with Crippen LogP contribution in [0.15, 0.2) is 48.5 Å². The molecule has 2 heterocycles. The molecule has 3 aromatic rings. The molecule has 1 aliphatic rings. The molecule has 0 spiro atoms. The van der Waals surface area contributed by atoms with Gasteiger partial charge in [-0.1, -0.05) is 42.0 Å². The van der Waals surface area contributed by atoms with E-state index in [4.69, 9.17) is 17.0 Å². The van der Waals surface area contributed by atoms with Crippen LogP contribution in [0, 0.1) is 11.7 Å². The number of benzene rings is 2. The molecule has 0 unspecified atom stereocenters. The Kier molecular flexibility index (Phi) is 6.48. The van der Waals surface area contributed by atoms with Crippen molar-refractivity contribution in [1.82, 2.24) is 24.6 Å². The molecule has 162 valence electrons. The molecule has 1 aromatic heterocycles. The second-order valence-corrected chi connectivity index (χ2v) is 8.20. The van der Waals surface area contributed by atoms with Crippen LogP contribution >= 0.6 is 12.2 Å². The lowest BCUT2D eigenvalue weighted by Crippen LogP contribution is -2.49. The molecule has 1 aliphatic heterocycles. The van der Waals surface area contributed by atoms with Crippen molar-refractivity contribution in [3.8, 4) is 17.1 Å². The van der Waals surface area contributed by atoms with Gasteiger partial charge >= 0.3 is 0 Å². The van der Waals surface area contributed by atoms with Crippen LogP contribution in [0.5, 0.6) is 5.75 Å². The highest BCUT2D eigenvalue weighted by Gasteiger charge is 2.22. The lowest BCUT2D eigenvalue weighted by molar-refractivity contribution is -0.133. The number of aryl methyl sites for hydroxylation is 1. The molecule has 0 atom stereocenters. The first-order valence-corrected chi connectivity index (χ1v) is 10.8. The van der Waals surface area contributed by atoms with Crippen molar-refractivity contribution in [3.05, 3.63) is 64.4 Å². The SMILES string of the molecule is COc1ccc(CN2CCN(C(=O)Cn3c(-c4ccc(C)cc4)n[nH]c3=S)CC2)cc1. The van der Waals surface area contributed by atoms with E-state index in [-0.39, 0.29) is 12.5 Å². The molecule has 0 radical (unpaired) electrons. The third-order valence-electron chi connectivity index (χ3n) is 5.65. The maximum Gasteiger partial charge on any atom is 0.242 e. The van der Waals surface area contributed by atoms with Crippen LogP contribution in [0.4, 0.5) is 0 Å². The first kappa shape index (κ1) is 21.3. The second kappa shape index (κ2) is 9.45. The summed E-state index contributed by atoms with van der Waals surface area (Å²) >= 11 is 5.38. The van der Waals surface area contributed by atoms with Crippen molar-refractivity contribution in [1.29, 1.82) is 0 Å². The van der Waals surface area contributed by atoms with Gasteiger partial charge in [0.15, 0.2) is 10.6 Å². The van der Waals surface area contributed by atoms with Crippen molar-refractivity contribution in [2.45, 2.75) is 20.0 Å². The van der Waals surface area contributed by atoms with Crippen molar-refractivity contribution < 1.29 is 9.53 Å². The topological polar surface area (TPSA) is 66.4 Å². The minimum Gasteiger partial charge on any atom is -0.497 e. The van der Waals surface area contributed by atoms with E-state index in [1.165, 1.54) is 11.1 Å². The molecule has 0 saturated carbocycles. The molecule has 1 amide bonds. The fourth-order valence-electron chi connectivity index (χ4n) is 3.77.